The van der Waals surface area contributed by atoms with Crippen molar-refractivity contribution in [1.82, 2.24) is 0 Å². The van der Waals surface area contributed by atoms with E-state index >= 15 is 0 Å². The van der Waals surface area contributed by atoms with E-state index in [0.717, 1.165) is 50.7 Å². The predicted molar refractivity (Wildman–Crippen MR) is 164 cm³/mol. The van der Waals surface area contributed by atoms with Crippen LogP contribution in [0.2, 0.25) is 0 Å². The van der Waals surface area contributed by atoms with Crippen LogP contribution in [0.25, 0.3) is 0 Å². The molecular formula is C36H55NO9. The Morgan fingerprint density at radius 3 is 1.80 bits per heavy atom. The highest BCUT2D eigenvalue weighted by atomic mass is 17.3. The van der Waals surface area contributed by atoms with Crippen molar-refractivity contribution >= 4 is 5.71 Å². The van der Waals surface area contributed by atoms with Crippen LogP contribution >= 0.6 is 0 Å². The van der Waals surface area contributed by atoms with Crippen LogP contribution in [0.3, 0.4) is 0 Å². The summed E-state index contributed by atoms with van der Waals surface area (Å²) >= 11 is 0. The van der Waals surface area contributed by atoms with Crippen molar-refractivity contribution in [2.24, 2.45) is 58.4 Å². The minimum absolute atomic E-state index is 0.126. The molecule has 258 valence electrons. The maximum Gasteiger partial charge on any atom is 0.201 e. The standard InChI is InChI=1S/C36H55NO9/c1-19-7-11-26-21(3)29(39-31-35(26)24(19)13-15-33(5,41-31)43-45-35)17-28(37-38-18-23-9-10-23)30-22(4)27-12-8-20(2)25-14-16-34(6)42-32(40-30)36(25,27)46-44-34/h19-27,29-32H,7-18H2,1-6H3/b37-28-/t19-,20-,21-,22-,24+,25+,26+,27+,29-,30+,31-,32-,33+,34+,35-,36-/m1/s1. The third kappa shape index (κ3) is 4.53. The number of fused-ring (bicyclic) bond motifs is 4. The van der Waals surface area contributed by atoms with E-state index in [0.29, 0.717) is 42.6 Å². The first-order valence-corrected chi connectivity index (χ1v) is 18.6. The summed E-state index contributed by atoms with van der Waals surface area (Å²) in [6.07, 6.45) is 9.69. The molecule has 11 fully saturated rings. The number of rotatable bonds is 6. The van der Waals surface area contributed by atoms with Crippen molar-refractivity contribution < 1.29 is 43.3 Å². The Morgan fingerprint density at radius 2 is 1.22 bits per heavy atom. The first kappa shape index (κ1) is 31.2. The van der Waals surface area contributed by atoms with Crippen LogP contribution in [-0.4, -0.2) is 59.9 Å². The summed E-state index contributed by atoms with van der Waals surface area (Å²) in [7, 11) is 0. The average Bonchev–Trinajstić information content (AvgIpc) is 3.89. The molecular weight excluding hydrogens is 590 g/mol. The smallest absolute Gasteiger partial charge is 0.201 e. The van der Waals surface area contributed by atoms with Crippen LogP contribution in [0.15, 0.2) is 5.16 Å². The van der Waals surface area contributed by atoms with Crippen LogP contribution < -0.4 is 0 Å². The molecule has 0 radical (unpaired) electrons. The number of hydrogen-bond donors (Lipinski definition) is 0. The molecule has 3 aliphatic carbocycles. The lowest BCUT2D eigenvalue weighted by Crippen LogP contribution is -2.71. The highest BCUT2D eigenvalue weighted by Crippen LogP contribution is 2.63. The second kappa shape index (κ2) is 10.8. The normalized spacial score (nSPS) is 57.7. The van der Waals surface area contributed by atoms with Gasteiger partial charge in [0, 0.05) is 31.1 Å². The molecule has 4 bridgehead atoms. The second-order valence-corrected chi connectivity index (χ2v) is 17.3. The van der Waals surface area contributed by atoms with Gasteiger partial charge in [0.25, 0.3) is 0 Å². The van der Waals surface area contributed by atoms with Gasteiger partial charge in [-0.3, -0.25) is 0 Å². The van der Waals surface area contributed by atoms with Crippen molar-refractivity contribution in [3.63, 3.8) is 0 Å². The number of nitrogens with zero attached hydrogens (tertiary/aromatic N) is 1. The van der Waals surface area contributed by atoms with E-state index in [9.17, 15) is 0 Å². The average molecular weight is 646 g/mol. The van der Waals surface area contributed by atoms with Crippen molar-refractivity contribution in [2.75, 3.05) is 6.61 Å². The molecule has 0 aromatic carbocycles. The fourth-order valence-corrected chi connectivity index (χ4v) is 11.4. The van der Waals surface area contributed by atoms with E-state index in [1.54, 1.807) is 0 Å². The van der Waals surface area contributed by atoms with Crippen molar-refractivity contribution in [3.8, 4) is 0 Å². The van der Waals surface area contributed by atoms with E-state index in [4.69, 9.17) is 48.5 Å². The van der Waals surface area contributed by atoms with E-state index in [2.05, 4.69) is 27.7 Å². The zero-order valence-corrected chi connectivity index (χ0v) is 28.6. The first-order valence-electron chi connectivity index (χ1n) is 18.6. The number of hydrogen-bond acceptors (Lipinski definition) is 10. The fraction of sp³-hybridized carbons (Fsp3) is 0.972. The molecule has 8 aliphatic heterocycles. The molecule has 10 heteroatoms. The summed E-state index contributed by atoms with van der Waals surface area (Å²) in [6, 6.07) is 0. The molecule has 0 aromatic rings. The molecule has 16 atom stereocenters. The van der Waals surface area contributed by atoms with Crippen LogP contribution in [0.1, 0.15) is 112 Å². The Kier molecular flexibility index (Phi) is 7.33. The Bertz CT molecular complexity index is 1230. The Balaban J connectivity index is 1.04. The molecule has 0 N–H and O–H groups in total. The summed E-state index contributed by atoms with van der Waals surface area (Å²) in [4.78, 5) is 31.2. The van der Waals surface area contributed by atoms with E-state index in [1.807, 2.05) is 13.8 Å². The molecule has 10 nitrogen and oxygen atoms in total. The molecule has 11 aliphatic rings. The first-order chi connectivity index (χ1) is 22.1. The topological polar surface area (TPSA) is 95.4 Å². The Labute approximate surface area is 273 Å². The highest BCUT2D eigenvalue weighted by Gasteiger charge is 2.71. The van der Waals surface area contributed by atoms with Crippen molar-refractivity contribution in [3.05, 3.63) is 0 Å². The van der Waals surface area contributed by atoms with Gasteiger partial charge in [0.05, 0.1) is 11.8 Å². The molecule has 11 rings (SSSR count). The molecule has 8 heterocycles. The van der Waals surface area contributed by atoms with E-state index in [1.165, 1.54) is 19.3 Å². The fourth-order valence-electron chi connectivity index (χ4n) is 11.4. The highest BCUT2D eigenvalue weighted by molar-refractivity contribution is 5.89. The summed E-state index contributed by atoms with van der Waals surface area (Å²) in [5.41, 5.74) is -0.291. The van der Waals surface area contributed by atoms with Gasteiger partial charge in [0.15, 0.2) is 23.8 Å². The van der Waals surface area contributed by atoms with Crippen LogP contribution in [0, 0.1) is 53.3 Å². The van der Waals surface area contributed by atoms with Crippen LogP contribution in [-0.2, 0) is 43.3 Å². The molecule has 8 saturated heterocycles. The van der Waals surface area contributed by atoms with Crippen molar-refractivity contribution in [1.29, 1.82) is 0 Å². The summed E-state index contributed by atoms with van der Waals surface area (Å²) < 4.78 is 27.5. The minimum atomic E-state index is -0.819. The second-order valence-electron chi connectivity index (χ2n) is 17.3. The third-order valence-corrected chi connectivity index (χ3v) is 14.4. The SMILES string of the molecule is C[C@H]1[C@@H](/C(C[C@H]2O[C@@H]3O[C@]4(C)CC[C@H]5[C@H](C)CC[C@@H]([C@H]2C)[C@@]35OO4)=N\OCC2CC2)O[C@@H]2O[C@]3(C)CC[C@H]4[C@H](C)CC[C@@H]1[C@@]24OO3. The largest absolute Gasteiger partial charge is 0.395 e. The summed E-state index contributed by atoms with van der Waals surface area (Å²) in [5.74, 6) is 1.50. The van der Waals surface area contributed by atoms with Gasteiger partial charge in [-0.2, -0.15) is 0 Å². The maximum absolute atomic E-state index is 7.09. The van der Waals surface area contributed by atoms with Gasteiger partial charge in [0.2, 0.25) is 11.6 Å². The molecule has 2 spiro atoms. The van der Waals surface area contributed by atoms with Gasteiger partial charge in [0.1, 0.15) is 12.7 Å². The van der Waals surface area contributed by atoms with E-state index < -0.39 is 35.4 Å². The van der Waals surface area contributed by atoms with Gasteiger partial charge >= 0.3 is 0 Å². The van der Waals surface area contributed by atoms with Gasteiger partial charge in [-0.1, -0.05) is 32.9 Å². The lowest BCUT2D eigenvalue weighted by molar-refractivity contribution is -0.571. The van der Waals surface area contributed by atoms with Crippen molar-refractivity contribution in [2.45, 2.75) is 160 Å². The van der Waals surface area contributed by atoms with Gasteiger partial charge in [-0.25, -0.2) is 19.6 Å². The molecule has 0 amide bonds. The molecule has 0 unspecified atom stereocenters. The maximum atomic E-state index is 7.09. The number of ether oxygens (including phenoxy) is 4. The van der Waals surface area contributed by atoms with Gasteiger partial charge in [-0.15, -0.1) is 0 Å². The monoisotopic (exact) mass is 645 g/mol. The minimum Gasteiger partial charge on any atom is -0.395 e. The van der Waals surface area contributed by atoms with E-state index in [-0.39, 0.29) is 35.9 Å². The number of oxime groups is 1. The zero-order chi connectivity index (χ0) is 31.6. The molecule has 0 aromatic heterocycles. The molecule has 46 heavy (non-hydrogen) atoms. The van der Waals surface area contributed by atoms with Crippen LogP contribution in [0.4, 0.5) is 0 Å². The lowest BCUT2D eigenvalue weighted by Gasteiger charge is -2.61. The van der Waals surface area contributed by atoms with Gasteiger partial charge in [-0.05, 0) is 107 Å². The molecule has 3 saturated carbocycles. The third-order valence-electron chi connectivity index (χ3n) is 14.4. The lowest BCUT2D eigenvalue weighted by atomic mass is 9.56. The zero-order valence-electron chi connectivity index (χ0n) is 28.6. The van der Waals surface area contributed by atoms with Gasteiger partial charge < -0.3 is 23.8 Å². The quantitative estimate of drug-likeness (QED) is 0.179. The predicted octanol–water partition coefficient (Wildman–Crippen LogP) is 6.66. The summed E-state index contributed by atoms with van der Waals surface area (Å²) in [6.45, 7) is 14.0. The van der Waals surface area contributed by atoms with Crippen LogP contribution in [0.5, 0.6) is 0 Å². The Morgan fingerprint density at radius 1 is 0.652 bits per heavy atom. The summed E-state index contributed by atoms with van der Waals surface area (Å²) in [5, 5.41) is 4.93. The Hall–Kier alpha value is -0.850.